The fraction of sp³-hybridized carbons (Fsp3) is 0. The second-order valence-electron chi connectivity index (χ2n) is 6.84. The van der Waals surface area contributed by atoms with Crippen molar-refractivity contribution in [1.82, 2.24) is 9.78 Å². The van der Waals surface area contributed by atoms with E-state index in [1.54, 1.807) is 36.4 Å². The SMILES string of the molecule is O=C(N=c1sc(C(=O)c2cc3cc(Br)ccc3o2)nn1-c1ccccc1)c1ccccc1. The van der Waals surface area contributed by atoms with Gasteiger partial charge >= 0.3 is 0 Å². The summed E-state index contributed by atoms with van der Waals surface area (Å²) in [6.07, 6.45) is 0. The molecule has 0 N–H and O–H groups in total. The van der Waals surface area contributed by atoms with Gasteiger partial charge in [-0.15, -0.1) is 0 Å². The Hall–Kier alpha value is -3.62. The molecule has 0 saturated heterocycles. The number of rotatable bonds is 4. The molecule has 0 aliphatic rings. The fourth-order valence-corrected chi connectivity index (χ4v) is 4.38. The van der Waals surface area contributed by atoms with Gasteiger partial charge in [0.25, 0.3) is 11.7 Å². The van der Waals surface area contributed by atoms with Crippen LogP contribution >= 0.6 is 27.3 Å². The summed E-state index contributed by atoms with van der Waals surface area (Å²) >= 11 is 4.46. The van der Waals surface area contributed by atoms with E-state index in [9.17, 15) is 9.59 Å². The lowest BCUT2D eigenvalue weighted by atomic mass is 10.2. The van der Waals surface area contributed by atoms with E-state index in [2.05, 4.69) is 26.0 Å². The first-order chi connectivity index (χ1) is 15.6. The summed E-state index contributed by atoms with van der Waals surface area (Å²) in [5, 5.41) is 5.44. The van der Waals surface area contributed by atoms with Crippen molar-refractivity contribution < 1.29 is 14.0 Å². The quantitative estimate of drug-likeness (QED) is 0.307. The number of ketones is 1. The van der Waals surface area contributed by atoms with E-state index in [0.717, 1.165) is 21.2 Å². The van der Waals surface area contributed by atoms with Gasteiger partial charge in [-0.25, -0.2) is 4.68 Å². The van der Waals surface area contributed by atoms with Gasteiger partial charge in [-0.2, -0.15) is 10.1 Å². The van der Waals surface area contributed by atoms with Crippen LogP contribution in [0.5, 0.6) is 0 Å². The topological polar surface area (TPSA) is 77.5 Å². The summed E-state index contributed by atoms with van der Waals surface area (Å²) in [6.45, 7) is 0. The number of carbonyl (C=O) groups is 2. The van der Waals surface area contributed by atoms with Crippen LogP contribution < -0.4 is 4.80 Å². The first-order valence-electron chi connectivity index (χ1n) is 9.62. The van der Waals surface area contributed by atoms with Crippen LogP contribution in [0.3, 0.4) is 0 Å². The molecule has 0 bridgehead atoms. The number of fused-ring (bicyclic) bond motifs is 1. The molecule has 3 aromatic carbocycles. The molecule has 5 rings (SSSR count). The number of benzene rings is 3. The van der Waals surface area contributed by atoms with Crippen molar-refractivity contribution in [2.24, 2.45) is 4.99 Å². The minimum atomic E-state index is -0.411. The van der Waals surface area contributed by atoms with E-state index in [-0.39, 0.29) is 16.6 Å². The molecule has 0 spiro atoms. The lowest BCUT2D eigenvalue weighted by molar-refractivity contribution is 0.0995. The zero-order valence-corrected chi connectivity index (χ0v) is 18.8. The Labute approximate surface area is 194 Å². The molecule has 32 heavy (non-hydrogen) atoms. The van der Waals surface area contributed by atoms with Crippen LogP contribution in [0, 0.1) is 0 Å². The van der Waals surface area contributed by atoms with Gasteiger partial charge in [-0.05, 0) is 48.5 Å². The van der Waals surface area contributed by atoms with Crippen LogP contribution in [0.15, 0.2) is 98.8 Å². The van der Waals surface area contributed by atoms with Gasteiger partial charge in [0.1, 0.15) is 5.58 Å². The molecule has 0 saturated carbocycles. The highest BCUT2D eigenvalue weighted by Crippen LogP contribution is 2.25. The van der Waals surface area contributed by atoms with E-state index < -0.39 is 5.91 Å². The van der Waals surface area contributed by atoms with Gasteiger partial charge in [0.05, 0.1) is 5.69 Å². The number of aromatic nitrogens is 2. The van der Waals surface area contributed by atoms with Crippen molar-refractivity contribution in [3.05, 3.63) is 111 Å². The molecule has 0 unspecified atom stereocenters. The predicted molar refractivity (Wildman–Crippen MR) is 125 cm³/mol. The summed E-state index contributed by atoms with van der Waals surface area (Å²) in [5.74, 6) is -0.611. The third kappa shape index (κ3) is 3.98. The smallest absolute Gasteiger partial charge is 0.279 e. The van der Waals surface area contributed by atoms with E-state index in [1.807, 2.05) is 48.5 Å². The number of furan rings is 1. The monoisotopic (exact) mass is 503 g/mol. The van der Waals surface area contributed by atoms with Gasteiger partial charge in [-0.3, -0.25) is 9.59 Å². The van der Waals surface area contributed by atoms with Crippen molar-refractivity contribution in [2.45, 2.75) is 0 Å². The van der Waals surface area contributed by atoms with Crippen LogP contribution in [-0.4, -0.2) is 21.5 Å². The standard InChI is InChI=1S/C24H14BrN3O3S/c25-17-11-12-19-16(13-17)14-20(31-19)21(29)23-27-28(18-9-5-2-6-10-18)24(32-23)26-22(30)15-7-3-1-4-8-15/h1-14H. The molecule has 0 aliphatic carbocycles. The zero-order valence-electron chi connectivity index (χ0n) is 16.4. The van der Waals surface area contributed by atoms with Crippen molar-refractivity contribution in [2.75, 3.05) is 0 Å². The Kier molecular flexibility index (Phi) is 5.38. The minimum absolute atomic E-state index is 0.173. The maximum atomic E-state index is 13.2. The average Bonchev–Trinajstić information content (AvgIpc) is 3.44. The number of halogens is 1. The third-order valence-corrected chi connectivity index (χ3v) is 6.08. The highest BCUT2D eigenvalue weighted by molar-refractivity contribution is 9.10. The number of amides is 1. The first-order valence-corrected chi connectivity index (χ1v) is 11.2. The minimum Gasteiger partial charge on any atom is -0.452 e. The Morgan fingerprint density at radius 1 is 0.938 bits per heavy atom. The number of hydrogen-bond acceptors (Lipinski definition) is 5. The Bertz CT molecular complexity index is 1520. The van der Waals surface area contributed by atoms with Crippen molar-refractivity contribution in [3.63, 3.8) is 0 Å². The normalized spacial score (nSPS) is 11.7. The van der Waals surface area contributed by atoms with Crippen LogP contribution in [0.25, 0.3) is 16.7 Å². The van der Waals surface area contributed by atoms with Gasteiger partial charge in [0.15, 0.2) is 10.8 Å². The second kappa shape index (κ2) is 8.49. The largest absolute Gasteiger partial charge is 0.452 e. The number of hydrogen-bond donors (Lipinski definition) is 0. The molecule has 2 aromatic heterocycles. The molecule has 8 heteroatoms. The summed E-state index contributed by atoms with van der Waals surface area (Å²) in [5.41, 5.74) is 1.75. The molecule has 0 radical (unpaired) electrons. The molecule has 156 valence electrons. The molecule has 0 aliphatic heterocycles. The maximum Gasteiger partial charge on any atom is 0.279 e. The third-order valence-electron chi connectivity index (χ3n) is 4.68. The first kappa shape index (κ1) is 20.3. The molecule has 0 fully saturated rings. The van der Waals surface area contributed by atoms with E-state index in [0.29, 0.717) is 21.6 Å². The van der Waals surface area contributed by atoms with Crippen LogP contribution in [0.2, 0.25) is 0 Å². The molecule has 5 aromatic rings. The van der Waals surface area contributed by atoms with Crippen LogP contribution in [-0.2, 0) is 0 Å². The lowest BCUT2D eigenvalue weighted by Crippen LogP contribution is -2.16. The maximum absolute atomic E-state index is 13.2. The highest BCUT2D eigenvalue weighted by Gasteiger charge is 2.21. The van der Waals surface area contributed by atoms with Crippen molar-refractivity contribution >= 4 is 49.9 Å². The molecular formula is C24H14BrN3O3S. The molecule has 6 nitrogen and oxygen atoms in total. The van der Waals surface area contributed by atoms with Gasteiger partial charge in [-0.1, -0.05) is 63.7 Å². The van der Waals surface area contributed by atoms with Crippen LogP contribution in [0.1, 0.15) is 25.9 Å². The Morgan fingerprint density at radius 3 is 2.41 bits per heavy atom. The molecule has 1 amide bonds. The molecular weight excluding hydrogens is 490 g/mol. The van der Waals surface area contributed by atoms with Crippen molar-refractivity contribution in [3.8, 4) is 5.69 Å². The Balaban J connectivity index is 1.61. The summed E-state index contributed by atoms with van der Waals surface area (Å²) in [7, 11) is 0. The summed E-state index contributed by atoms with van der Waals surface area (Å²) in [6, 6.07) is 25.2. The van der Waals surface area contributed by atoms with E-state index >= 15 is 0 Å². The van der Waals surface area contributed by atoms with E-state index in [1.165, 1.54) is 4.68 Å². The fourth-order valence-electron chi connectivity index (χ4n) is 3.15. The number of nitrogens with zero attached hydrogens (tertiary/aromatic N) is 3. The molecule has 2 heterocycles. The second-order valence-corrected chi connectivity index (χ2v) is 8.71. The van der Waals surface area contributed by atoms with Gasteiger partial charge in [0.2, 0.25) is 4.80 Å². The summed E-state index contributed by atoms with van der Waals surface area (Å²) < 4.78 is 8.12. The van der Waals surface area contributed by atoms with Gasteiger partial charge in [0, 0.05) is 15.4 Å². The number of carbonyl (C=O) groups excluding carboxylic acids is 2. The van der Waals surface area contributed by atoms with Gasteiger partial charge < -0.3 is 4.42 Å². The number of para-hydroxylation sites is 1. The lowest BCUT2D eigenvalue weighted by Gasteiger charge is -2.00. The summed E-state index contributed by atoms with van der Waals surface area (Å²) in [4.78, 5) is 30.4. The average molecular weight is 504 g/mol. The van der Waals surface area contributed by atoms with E-state index in [4.69, 9.17) is 4.42 Å². The van der Waals surface area contributed by atoms with Crippen LogP contribution in [0.4, 0.5) is 0 Å². The molecule has 0 atom stereocenters. The van der Waals surface area contributed by atoms with Crippen molar-refractivity contribution in [1.29, 1.82) is 0 Å². The highest BCUT2D eigenvalue weighted by atomic mass is 79.9. The Morgan fingerprint density at radius 2 is 1.66 bits per heavy atom. The predicted octanol–water partition coefficient (Wildman–Crippen LogP) is 5.41. The zero-order chi connectivity index (χ0) is 22.1.